The number of allylic oxidation sites excluding steroid dienone is 1. The average Bonchev–Trinajstić information content (AvgIpc) is 3.07. The van der Waals surface area contributed by atoms with E-state index in [9.17, 15) is 27.2 Å². The number of hydrogen-bond acceptors (Lipinski definition) is 7. The Bertz CT molecular complexity index is 1260. The summed E-state index contributed by atoms with van der Waals surface area (Å²) >= 11 is 0. The highest BCUT2D eigenvalue weighted by molar-refractivity contribution is 6.05. The number of aromatic nitrogens is 3. The van der Waals surface area contributed by atoms with Gasteiger partial charge in [-0.15, -0.1) is 5.10 Å². The summed E-state index contributed by atoms with van der Waals surface area (Å²) < 4.78 is 59.2. The minimum atomic E-state index is -4.91. The first-order chi connectivity index (χ1) is 15.0. The van der Waals surface area contributed by atoms with E-state index in [2.05, 4.69) is 24.8 Å². The molecule has 3 N–H and O–H groups in total. The number of nitrogens with zero attached hydrogens (tertiary/aromatic N) is 4. The molecule has 0 saturated heterocycles. The van der Waals surface area contributed by atoms with Crippen LogP contribution in [0.25, 0.3) is 5.70 Å². The fourth-order valence-electron chi connectivity index (χ4n) is 2.34. The minimum absolute atomic E-state index is 0.0314. The number of anilines is 1. The molecule has 0 spiro atoms. The summed E-state index contributed by atoms with van der Waals surface area (Å²) in [5.41, 5.74) is 3.14. The lowest BCUT2D eigenvalue weighted by Gasteiger charge is -2.08. The molecule has 0 radical (unpaired) electrons. The Morgan fingerprint density at radius 1 is 1.25 bits per heavy atom. The Labute approximate surface area is 176 Å². The molecule has 2 aromatic heterocycles. The van der Waals surface area contributed by atoms with Crippen LogP contribution in [0.1, 0.15) is 16.2 Å². The van der Waals surface area contributed by atoms with Gasteiger partial charge in [-0.1, -0.05) is 12.1 Å². The van der Waals surface area contributed by atoms with E-state index in [4.69, 9.17) is 5.73 Å². The van der Waals surface area contributed by atoms with Crippen LogP contribution in [-0.4, -0.2) is 32.6 Å². The van der Waals surface area contributed by atoms with E-state index in [1.807, 2.05) is 0 Å². The lowest BCUT2D eigenvalue weighted by Crippen LogP contribution is -2.22. The maximum Gasteiger partial charge on any atom is 0.437 e. The van der Waals surface area contributed by atoms with Gasteiger partial charge < -0.3 is 15.5 Å². The van der Waals surface area contributed by atoms with Gasteiger partial charge in [0.2, 0.25) is 0 Å². The van der Waals surface area contributed by atoms with Gasteiger partial charge in [-0.25, -0.2) is 19.2 Å². The number of halogens is 4. The number of carbonyl (C=O) groups is 1. The minimum Gasteiger partial charge on any atom is -0.394 e. The predicted octanol–water partition coefficient (Wildman–Crippen LogP) is 2.79. The molecule has 0 aliphatic carbocycles. The monoisotopic (exact) mass is 450 g/mol. The standard InChI is InChI=1S/C19H14F4N6O3/c1-29-18(31)32-17(28-29)13(24)8-14(19(21,22)23)26-10-6-7-15(25-9-10)27-16(30)11-4-2-3-5-12(11)20/h2-9H,24H2,1H3,(H,25,27,30)/b13-8-,26-14?. The fraction of sp³-hybridized carbons (Fsp3) is 0.105. The summed E-state index contributed by atoms with van der Waals surface area (Å²) in [5.74, 6) is -2.96. The van der Waals surface area contributed by atoms with Crippen LogP contribution < -0.4 is 16.8 Å². The molecule has 0 saturated carbocycles. The highest BCUT2D eigenvalue weighted by Gasteiger charge is 2.35. The van der Waals surface area contributed by atoms with Crippen molar-refractivity contribution in [3.05, 3.63) is 76.5 Å². The summed E-state index contributed by atoms with van der Waals surface area (Å²) in [4.78, 5) is 30.6. The lowest BCUT2D eigenvalue weighted by atomic mass is 10.2. The number of alkyl halides is 3. The second kappa shape index (κ2) is 8.83. The quantitative estimate of drug-likeness (QED) is 0.454. The molecule has 166 valence electrons. The van der Waals surface area contributed by atoms with Crippen LogP contribution in [0.15, 0.2) is 62.9 Å². The van der Waals surface area contributed by atoms with Gasteiger partial charge in [-0.05, 0) is 30.3 Å². The van der Waals surface area contributed by atoms with Crippen molar-refractivity contribution in [2.24, 2.45) is 17.8 Å². The molecule has 0 fully saturated rings. The molecule has 32 heavy (non-hydrogen) atoms. The summed E-state index contributed by atoms with van der Waals surface area (Å²) in [6.07, 6.45) is -3.48. The van der Waals surface area contributed by atoms with Gasteiger partial charge in [-0.3, -0.25) is 4.79 Å². The third-order valence-corrected chi connectivity index (χ3v) is 3.88. The van der Waals surface area contributed by atoms with Gasteiger partial charge in [0.25, 0.3) is 11.8 Å². The Morgan fingerprint density at radius 2 is 1.97 bits per heavy atom. The van der Waals surface area contributed by atoms with E-state index in [-0.39, 0.29) is 17.1 Å². The summed E-state index contributed by atoms with van der Waals surface area (Å²) in [6.45, 7) is 0. The van der Waals surface area contributed by atoms with Crippen molar-refractivity contribution < 1.29 is 26.8 Å². The normalized spacial score (nSPS) is 12.7. The molecule has 0 bridgehead atoms. The van der Waals surface area contributed by atoms with Crippen molar-refractivity contribution in [3.63, 3.8) is 0 Å². The first-order valence-corrected chi connectivity index (χ1v) is 8.74. The van der Waals surface area contributed by atoms with Crippen molar-refractivity contribution >= 4 is 28.8 Å². The molecule has 2 heterocycles. The Kier molecular flexibility index (Phi) is 6.18. The van der Waals surface area contributed by atoms with Crippen LogP contribution in [0.4, 0.5) is 29.1 Å². The second-order valence-corrected chi connectivity index (χ2v) is 6.23. The zero-order chi connectivity index (χ0) is 23.5. The average molecular weight is 450 g/mol. The summed E-state index contributed by atoms with van der Waals surface area (Å²) in [7, 11) is 1.24. The molecule has 3 aromatic rings. The smallest absolute Gasteiger partial charge is 0.394 e. The van der Waals surface area contributed by atoms with Crippen LogP contribution in [0.5, 0.6) is 0 Å². The number of hydrogen-bond donors (Lipinski definition) is 2. The van der Waals surface area contributed by atoms with Gasteiger partial charge in [-0.2, -0.15) is 17.9 Å². The highest BCUT2D eigenvalue weighted by atomic mass is 19.4. The molecule has 1 amide bonds. The van der Waals surface area contributed by atoms with Crippen molar-refractivity contribution in [2.45, 2.75) is 6.18 Å². The molecule has 0 unspecified atom stereocenters. The van der Waals surface area contributed by atoms with E-state index < -0.39 is 41.0 Å². The van der Waals surface area contributed by atoms with Crippen LogP contribution in [-0.2, 0) is 7.05 Å². The van der Waals surface area contributed by atoms with Crippen LogP contribution in [0, 0.1) is 5.82 Å². The number of nitrogens with one attached hydrogen (secondary N) is 1. The zero-order valence-corrected chi connectivity index (χ0v) is 16.2. The molecule has 1 aromatic carbocycles. The fourth-order valence-corrected chi connectivity index (χ4v) is 2.34. The first-order valence-electron chi connectivity index (χ1n) is 8.74. The van der Waals surface area contributed by atoms with Gasteiger partial charge in [0, 0.05) is 7.05 Å². The molecular formula is C19H14F4N6O3. The van der Waals surface area contributed by atoms with Crippen LogP contribution in [0.2, 0.25) is 0 Å². The number of rotatable bonds is 5. The largest absolute Gasteiger partial charge is 0.437 e. The van der Waals surface area contributed by atoms with Gasteiger partial charge in [0.1, 0.15) is 17.3 Å². The summed E-state index contributed by atoms with van der Waals surface area (Å²) in [5, 5.41) is 5.89. The number of benzene rings is 1. The van der Waals surface area contributed by atoms with E-state index in [1.54, 1.807) is 0 Å². The number of carbonyl (C=O) groups excluding carboxylic acids is 1. The number of pyridine rings is 1. The third kappa shape index (κ3) is 5.24. The van der Waals surface area contributed by atoms with Crippen LogP contribution >= 0.6 is 0 Å². The Balaban J connectivity index is 1.84. The van der Waals surface area contributed by atoms with E-state index in [0.29, 0.717) is 6.08 Å². The number of aliphatic imine (C=N–C) groups is 1. The number of amides is 1. The third-order valence-electron chi connectivity index (χ3n) is 3.88. The van der Waals surface area contributed by atoms with Crippen LogP contribution in [0.3, 0.4) is 0 Å². The Morgan fingerprint density at radius 3 is 2.53 bits per heavy atom. The van der Waals surface area contributed by atoms with E-state index in [1.165, 1.54) is 31.3 Å². The second-order valence-electron chi connectivity index (χ2n) is 6.23. The van der Waals surface area contributed by atoms with Gasteiger partial charge >= 0.3 is 11.9 Å². The summed E-state index contributed by atoms with van der Waals surface area (Å²) in [6, 6.07) is 7.60. The molecule has 3 rings (SSSR count). The molecule has 0 atom stereocenters. The molecule has 0 aliphatic rings. The van der Waals surface area contributed by atoms with Gasteiger partial charge in [0.05, 0.1) is 23.1 Å². The SMILES string of the molecule is Cn1nc(/C(N)=C/C(=Nc2ccc(NC(=O)c3ccccc3F)nc2)C(F)(F)F)oc1=O. The van der Waals surface area contributed by atoms with Gasteiger partial charge in [0.15, 0.2) is 0 Å². The Hall–Kier alpha value is -4.29. The van der Waals surface area contributed by atoms with E-state index in [0.717, 1.165) is 23.0 Å². The molecule has 9 nitrogen and oxygen atoms in total. The lowest BCUT2D eigenvalue weighted by molar-refractivity contribution is -0.0576. The van der Waals surface area contributed by atoms with Crippen molar-refractivity contribution in [3.8, 4) is 0 Å². The van der Waals surface area contributed by atoms with Crippen molar-refractivity contribution in [1.82, 2.24) is 14.8 Å². The topological polar surface area (TPSA) is 128 Å². The number of aryl methyl sites for hydroxylation is 1. The molecular weight excluding hydrogens is 436 g/mol. The number of nitrogens with two attached hydrogens (primary N) is 1. The van der Waals surface area contributed by atoms with E-state index >= 15 is 0 Å². The highest BCUT2D eigenvalue weighted by Crippen LogP contribution is 2.24. The predicted molar refractivity (Wildman–Crippen MR) is 106 cm³/mol. The molecule has 0 aliphatic heterocycles. The maximum absolute atomic E-state index is 13.7. The van der Waals surface area contributed by atoms with Crippen molar-refractivity contribution in [2.75, 3.05) is 5.32 Å². The maximum atomic E-state index is 13.7. The molecule has 13 heteroatoms. The zero-order valence-electron chi connectivity index (χ0n) is 16.2. The van der Waals surface area contributed by atoms with Crippen molar-refractivity contribution in [1.29, 1.82) is 0 Å². The first kappa shape index (κ1) is 22.4.